The second kappa shape index (κ2) is 15.7. The number of halogens is 1. The van der Waals surface area contributed by atoms with E-state index in [0.717, 1.165) is 107 Å². The normalized spacial score (nSPS) is 24.7. The number of rotatable bonds is 13. The maximum Gasteiger partial charge on any atom is 0.306 e. The minimum atomic E-state index is -0.659. The minimum absolute atomic E-state index is 0.0493. The number of carboxylic acids is 1. The summed E-state index contributed by atoms with van der Waals surface area (Å²) in [4.78, 5) is 24.3. The topological polar surface area (TPSA) is 108 Å². The number of alkyl halides is 1. The third kappa shape index (κ3) is 8.38. The highest BCUT2D eigenvalue weighted by atomic mass is 19.1. The molecule has 2 aliphatic carbocycles. The van der Waals surface area contributed by atoms with Gasteiger partial charge in [0.05, 0.1) is 31.4 Å². The average molecular weight is 646 g/mol. The molecule has 47 heavy (non-hydrogen) atoms. The number of nitrogens with zero attached hydrogens (tertiary/aromatic N) is 5. The molecule has 3 aliphatic rings. The summed E-state index contributed by atoms with van der Waals surface area (Å²) in [6, 6.07) is 11.0. The summed E-state index contributed by atoms with van der Waals surface area (Å²) in [5.74, 6) is 1.80. The van der Waals surface area contributed by atoms with Crippen molar-refractivity contribution >= 4 is 11.8 Å². The lowest BCUT2D eigenvalue weighted by Gasteiger charge is -2.35. The summed E-state index contributed by atoms with van der Waals surface area (Å²) in [6.07, 6.45) is 13.2. The third-order valence-electron chi connectivity index (χ3n) is 10.9. The fourth-order valence-corrected chi connectivity index (χ4v) is 8.23. The van der Waals surface area contributed by atoms with E-state index < -0.39 is 5.97 Å². The van der Waals surface area contributed by atoms with Crippen LogP contribution < -0.4 is 10.6 Å². The summed E-state index contributed by atoms with van der Waals surface area (Å²) in [5, 5.41) is 21.6. The number of hydrogen-bond donors (Lipinski definition) is 3. The Morgan fingerprint density at radius 2 is 1.91 bits per heavy atom. The highest BCUT2D eigenvalue weighted by Crippen LogP contribution is 2.37. The van der Waals surface area contributed by atoms with E-state index in [1.807, 2.05) is 17.9 Å². The first-order valence-electron chi connectivity index (χ1n) is 17.8. The lowest BCUT2D eigenvalue weighted by molar-refractivity contribution is -0.143. The molecule has 4 atom stereocenters. The van der Waals surface area contributed by atoms with Crippen LogP contribution in [0.3, 0.4) is 0 Å². The molecular formula is C37H52FN7O2. The van der Waals surface area contributed by atoms with E-state index in [-0.39, 0.29) is 24.6 Å². The van der Waals surface area contributed by atoms with Crippen molar-refractivity contribution < 1.29 is 14.3 Å². The van der Waals surface area contributed by atoms with Crippen LogP contribution in [0.1, 0.15) is 98.5 Å². The van der Waals surface area contributed by atoms with E-state index in [1.165, 1.54) is 11.1 Å². The van der Waals surface area contributed by atoms with Crippen molar-refractivity contribution in [3.63, 3.8) is 0 Å². The number of piperidine rings is 1. The first-order valence-corrected chi connectivity index (χ1v) is 17.8. The van der Waals surface area contributed by atoms with Gasteiger partial charge in [0.25, 0.3) is 0 Å². The lowest BCUT2D eigenvalue weighted by atomic mass is 9.78. The molecule has 0 spiro atoms. The Morgan fingerprint density at radius 3 is 2.62 bits per heavy atom. The lowest BCUT2D eigenvalue weighted by Crippen LogP contribution is -2.40. The molecule has 3 aromatic rings. The van der Waals surface area contributed by atoms with E-state index in [2.05, 4.69) is 64.1 Å². The number of anilines is 1. The standard InChI is InChI=1S/C37H52FN7O2/c1-3-32(27-11-13-28(14-12-27)37(46)47)39-21-35-41-33-16-15-29(26-9-5-4-6-10-26)18-31(33)36(43-35)42-34(30-20-40-44(2)23-30)24-45-17-7-8-25(19-38)22-45/h4-6,9-10,20,23,25,27-29,32,34,39H,3,7-8,11-19,21-22,24H2,1-2H3,(H,46,47)(H,41,42,43)/t25-,27?,28?,29-,32-,34+/m1/s1. The first kappa shape index (κ1) is 33.5. The molecule has 10 heteroatoms. The number of aryl methyl sites for hydroxylation is 2. The molecule has 0 amide bonds. The summed E-state index contributed by atoms with van der Waals surface area (Å²) in [5.41, 5.74) is 4.77. The largest absolute Gasteiger partial charge is 0.481 e. The fraction of sp³-hybridized carbons (Fsp3) is 0.622. The van der Waals surface area contributed by atoms with Gasteiger partial charge in [0.1, 0.15) is 11.6 Å². The van der Waals surface area contributed by atoms with Crippen LogP contribution >= 0.6 is 0 Å². The second-order valence-electron chi connectivity index (χ2n) is 14.2. The molecule has 3 N–H and O–H groups in total. The summed E-state index contributed by atoms with van der Waals surface area (Å²) in [7, 11) is 1.94. The van der Waals surface area contributed by atoms with Crippen LogP contribution in [0, 0.1) is 17.8 Å². The SMILES string of the molecule is CC[C@@H](NCc1nc2c(c(N[C@@H](CN3CCC[C@H](CF)C3)c3cnn(C)c3)n1)C[C@H](c1ccccc1)CC2)C1CCC(C(=O)O)CC1. The molecule has 1 saturated heterocycles. The summed E-state index contributed by atoms with van der Waals surface area (Å²) < 4.78 is 15.5. The number of aromatic nitrogens is 4. The molecular weight excluding hydrogens is 593 g/mol. The van der Waals surface area contributed by atoms with E-state index in [1.54, 1.807) is 0 Å². The van der Waals surface area contributed by atoms with Gasteiger partial charge in [-0.2, -0.15) is 5.10 Å². The van der Waals surface area contributed by atoms with Crippen molar-refractivity contribution in [2.45, 2.75) is 95.7 Å². The van der Waals surface area contributed by atoms with Crippen molar-refractivity contribution in [2.24, 2.45) is 24.8 Å². The van der Waals surface area contributed by atoms with E-state index in [9.17, 15) is 14.3 Å². The van der Waals surface area contributed by atoms with E-state index >= 15 is 0 Å². The van der Waals surface area contributed by atoms with Crippen LogP contribution in [-0.4, -0.2) is 68.1 Å². The molecule has 2 aromatic heterocycles. The van der Waals surface area contributed by atoms with Crippen LogP contribution in [-0.2, 0) is 31.2 Å². The molecule has 254 valence electrons. The maximum atomic E-state index is 13.7. The van der Waals surface area contributed by atoms with E-state index in [0.29, 0.717) is 24.4 Å². The number of likely N-dealkylation sites (tertiary alicyclic amines) is 1. The molecule has 1 aromatic carbocycles. The molecule has 0 unspecified atom stereocenters. The van der Waals surface area contributed by atoms with Gasteiger partial charge in [-0.15, -0.1) is 0 Å². The molecule has 0 radical (unpaired) electrons. The number of carbonyl (C=O) groups is 1. The highest BCUT2D eigenvalue weighted by molar-refractivity contribution is 5.70. The zero-order valence-corrected chi connectivity index (χ0v) is 28.1. The van der Waals surface area contributed by atoms with Gasteiger partial charge in [-0.3, -0.25) is 13.9 Å². The van der Waals surface area contributed by atoms with Crippen LogP contribution in [0.5, 0.6) is 0 Å². The summed E-state index contributed by atoms with van der Waals surface area (Å²) >= 11 is 0. The number of carboxylic acid groups (broad SMARTS) is 1. The molecule has 1 aliphatic heterocycles. The second-order valence-corrected chi connectivity index (χ2v) is 14.2. The Bertz CT molecular complexity index is 1460. The Balaban J connectivity index is 1.26. The maximum absolute atomic E-state index is 13.7. The molecule has 2 fully saturated rings. The molecule has 9 nitrogen and oxygen atoms in total. The summed E-state index contributed by atoms with van der Waals surface area (Å²) in [6.45, 7) is 5.01. The van der Waals surface area contributed by atoms with Gasteiger partial charge in [-0.05, 0) is 88.2 Å². The van der Waals surface area contributed by atoms with Crippen LogP contribution in [0.25, 0.3) is 0 Å². The van der Waals surface area contributed by atoms with Gasteiger partial charge in [0.2, 0.25) is 0 Å². The van der Waals surface area contributed by atoms with Gasteiger partial charge >= 0.3 is 5.97 Å². The Labute approximate surface area is 278 Å². The van der Waals surface area contributed by atoms with Gasteiger partial charge in [-0.25, -0.2) is 9.97 Å². The monoisotopic (exact) mass is 645 g/mol. The quantitative estimate of drug-likeness (QED) is 0.206. The number of benzene rings is 1. The van der Waals surface area contributed by atoms with Crippen molar-refractivity contribution in [1.29, 1.82) is 0 Å². The van der Waals surface area contributed by atoms with Gasteiger partial charge in [0.15, 0.2) is 0 Å². The zero-order valence-electron chi connectivity index (χ0n) is 28.1. The number of nitrogens with one attached hydrogen (secondary N) is 2. The fourth-order valence-electron chi connectivity index (χ4n) is 8.23. The van der Waals surface area contributed by atoms with Crippen molar-refractivity contribution in [2.75, 3.05) is 31.6 Å². The molecule has 0 bridgehead atoms. The smallest absolute Gasteiger partial charge is 0.306 e. The highest BCUT2D eigenvalue weighted by Gasteiger charge is 2.31. The van der Waals surface area contributed by atoms with Gasteiger partial charge in [0, 0.05) is 55.1 Å². The third-order valence-corrected chi connectivity index (χ3v) is 10.9. The Kier molecular flexibility index (Phi) is 11.2. The molecule has 6 rings (SSSR count). The first-order chi connectivity index (χ1) is 22.9. The Hall–Kier alpha value is -3.37. The Morgan fingerprint density at radius 1 is 1.11 bits per heavy atom. The van der Waals surface area contributed by atoms with Crippen LogP contribution in [0.2, 0.25) is 0 Å². The van der Waals surface area contributed by atoms with E-state index in [4.69, 9.17) is 9.97 Å². The van der Waals surface area contributed by atoms with Crippen molar-refractivity contribution in [3.05, 3.63) is 70.9 Å². The average Bonchev–Trinajstić information content (AvgIpc) is 3.54. The number of aliphatic carboxylic acids is 1. The van der Waals surface area contributed by atoms with Crippen LogP contribution in [0.15, 0.2) is 42.7 Å². The number of hydrogen-bond acceptors (Lipinski definition) is 7. The van der Waals surface area contributed by atoms with Gasteiger partial charge in [-0.1, -0.05) is 37.3 Å². The van der Waals surface area contributed by atoms with Crippen molar-refractivity contribution in [3.8, 4) is 0 Å². The predicted octanol–water partition coefficient (Wildman–Crippen LogP) is 6.08. The molecule has 3 heterocycles. The number of fused-ring (bicyclic) bond motifs is 1. The minimum Gasteiger partial charge on any atom is -0.481 e. The predicted molar refractivity (Wildman–Crippen MR) is 182 cm³/mol. The van der Waals surface area contributed by atoms with Crippen molar-refractivity contribution in [1.82, 2.24) is 30.0 Å². The van der Waals surface area contributed by atoms with Gasteiger partial charge < -0.3 is 20.6 Å². The molecule has 1 saturated carbocycles. The zero-order chi connectivity index (χ0) is 32.8. The van der Waals surface area contributed by atoms with Crippen LogP contribution in [0.4, 0.5) is 10.2 Å².